The Hall–Kier alpha value is -2.45. The SMILES string of the molecule is CC(C)c1ccc(CCNS(=O)(=O)c2cc(C#N)ccc2O)c(S(=O)(=O)NC(C)(C)C)c1. The van der Waals surface area contributed by atoms with Crippen LogP contribution in [0.4, 0.5) is 0 Å². The van der Waals surface area contributed by atoms with Gasteiger partial charge < -0.3 is 5.11 Å². The number of nitrogens with one attached hydrogen (secondary N) is 2. The molecule has 10 heteroatoms. The summed E-state index contributed by atoms with van der Waals surface area (Å²) in [5.74, 6) is -0.364. The van der Waals surface area contributed by atoms with Gasteiger partial charge in [0.2, 0.25) is 20.0 Å². The second-order valence-corrected chi connectivity index (χ2v) is 12.2. The molecule has 0 aliphatic heterocycles. The molecule has 0 saturated carbocycles. The third-order valence-corrected chi connectivity index (χ3v) is 7.88. The third kappa shape index (κ3) is 6.53. The van der Waals surface area contributed by atoms with Crippen LogP contribution in [-0.2, 0) is 26.5 Å². The lowest BCUT2D eigenvalue weighted by molar-refractivity contribution is 0.458. The van der Waals surface area contributed by atoms with Crippen molar-refractivity contribution in [2.24, 2.45) is 0 Å². The van der Waals surface area contributed by atoms with Crippen LogP contribution < -0.4 is 9.44 Å². The first-order valence-corrected chi connectivity index (χ1v) is 13.0. The first-order valence-electron chi connectivity index (χ1n) is 10.1. The number of aromatic hydroxyl groups is 1. The van der Waals surface area contributed by atoms with Gasteiger partial charge in [-0.1, -0.05) is 26.0 Å². The second-order valence-electron chi connectivity index (χ2n) is 8.82. The van der Waals surface area contributed by atoms with Gasteiger partial charge in [-0.3, -0.25) is 0 Å². The first kappa shape index (κ1) is 25.8. The molecule has 0 saturated heterocycles. The normalized spacial score (nSPS) is 12.7. The van der Waals surface area contributed by atoms with Crippen molar-refractivity contribution in [3.63, 3.8) is 0 Å². The number of phenols is 1. The minimum Gasteiger partial charge on any atom is -0.507 e. The molecular formula is C22H29N3O5S2. The Balaban J connectivity index is 2.33. The zero-order chi connectivity index (χ0) is 24.3. The highest BCUT2D eigenvalue weighted by Crippen LogP contribution is 2.25. The smallest absolute Gasteiger partial charge is 0.244 e. The van der Waals surface area contributed by atoms with Crippen molar-refractivity contribution >= 4 is 20.0 Å². The molecule has 2 rings (SSSR count). The van der Waals surface area contributed by atoms with Crippen LogP contribution in [0.25, 0.3) is 0 Å². The lowest BCUT2D eigenvalue weighted by atomic mass is 10.0. The Morgan fingerprint density at radius 1 is 1.00 bits per heavy atom. The van der Waals surface area contributed by atoms with Gasteiger partial charge in [0.05, 0.1) is 16.5 Å². The quantitative estimate of drug-likeness (QED) is 0.532. The molecular weight excluding hydrogens is 450 g/mol. The molecule has 0 aliphatic rings. The van der Waals surface area contributed by atoms with Crippen molar-refractivity contribution in [1.29, 1.82) is 5.26 Å². The molecule has 2 aromatic rings. The van der Waals surface area contributed by atoms with E-state index < -0.39 is 36.2 Å². The summed E-state index contributed by atoms with van der Waals surface area (Å²) in [6.45, 7) is 9.04. The number of benzene rings is 2. The molecule has 3 N–H and O–H groups in total. The number of hydrogen-bond donors (Lipinski definition) is 3. The van der Waals surface area contributed by atoms with E-state index >= 15 is 0 Å². The molecule has 0 bridgehead atoms. The number of nitriles is 1. The lowest BCUT2D eigenvalue weighted by Crippen LogP contribution is -2.41. The average Bonchev–Trinajstić information content (AvgIpc) is 2.66. The van der Waals surface area contributed by atoms with E-state index in [1.807, 2.05) is 26.0 Å². The number of phenolic OH excluding ortho intramolecular Hbond substituents is 1. The van der Waals surface area contributed by atoms with Crippen molar-refractivity contribution in [1.82, 2.24) is 9.44 Å². The topological polar surface area (TPSA) is 136 Å². The van der Waals surface area contributed by atoms with Crippen LogP contribution in [0.1, 0.15) is 57.2 Å². The van der Waals surface area contributed by atoms with Crippen molar-refractivity contribution in [3.05, 3.63) is 53.1 Å². The van der Waals surface area contributed by atoms with Crippen LogP contribution in [0.2, 0.25) is 0 Å². The predicted octanol–water partition coefficient (Wildman–Crippen LogP) is 2.99. The molecule has 0 heterocycles. The minimum atomic E-state index is -4.11. The monoisotopic (exact) mass is 479 g/mol. The van der Waals surface area contributed by atoms with E-state index in [1.165, 1.54) is 6.07 Å². The van der Waals surface area contributed by atoms with Gasteiger partial charge in [0.25, 0.3) is 0 Å². The van der Waals surface area contributed by atoms with Gasteiger partial charge in [-0.2, -0.15) is 5.26 Å². The summed E-state index contributed by atoms with van der Waals surface area (Å²) in [7, 11) is -7.95. The molecule has 0 spiro atoms. The van der Waals surface area contributed by atoms with Crippen LogP contribution in [-0.4, -0.2) is 34.0 Å². The van der Waals surface area contributed by atoms with E-state index in [-0.39, 0.29) is 29.3 Å². The lowest BCUT2D eigenvalue weighted by Gasteiger charge is -2.22. The van der Waals surface area contributed by atoms with Crippen molar-refractivity contribution in [2.45, 2.75) is 62.3 Å². The molecule has 0 amide bonds. The maximum Gasteiger partial charge on any atom is 0.244 e. The van der Waals surface area contributed by atoms with Crippen LogP contribution in [0.3, 0.4) is 0 Å². The number of hydrogen-bond acceptors (Lipinski definition) is 6. The maximum absolute atomic E-state index is 13.0. The Morgan fingerprint density at radius 3 is 2.22 bits per heavy atom. The number of nitrogens with zero attached hydrogens (tertiary/aromatic N) is 1. The van der Waals surface area contributed by atoms with Crippen LogP contribution in [0.5, 0.6) is 5.75 Å². The largest absolute Gasteiger partial charge is 0.507 e. The summed E-state index contributed by atoms with van der Waals surface area (Å²) >= 11 is 0. The fourth-order valence-electron chi connectivity index (χ4n) is 3.04. The number of rotatable bonds is 8. The molecule has 0 fully saturated rings. The van der Waals surface area contributed by atoms with Gasteiger partial charge in [-0.15, -0.1) is 0 Å². The molecule has 0 radical (unpaired) electrons. The van der Waals surface area contributed by atoms with Crippen molar-refractivity contribution in [2.75, 3.05) is 6.54 Å². The van der Waals surface area contributed by atoms with E-state index in [4.69, 9.17) is 5.26 Å². The molecule has 32 heavy (non-hydrogen) atoms. The summed E-state index contributed by atoms with van der Waals surface area (Å²) in [6.07, 6.45) is 0.108. The highest BCUT2D eigenvalue weighted by Gasteiger charge is 2.26. The van der Waals surface area contributed by atoms with Crippen molar-refractivity contribution < 1.29 is 21.9 Å². The fourth-order valence-corrected chi connectivity index (χ4v) is 5.92. The van der Waals surface area contributed by atoms with E-state index in [9.17, 15) is 21.9 Å². The Labute approximate surface area is 190 Å². The highest BCUT2D eigenvalue weighted by molar-refractivity contribution is 7.90. The average molecular weight is 480 g/mol. The molecule has 8 nitrogen and oxygen atoms in total. The van der Waals surface area contributed by atoms with E-state index in [0.29, 0.717) is 5.56 Å². The first-order chi connectivity index (χ1) is 14.7. The van der Waals surface area contributed by atoms with E-state index in [2.05, 4.69) is 9.44 Å². The van der Waals surface area contributed by atoms with E-state index in [0.717, 1.165) is 17.7 Å². The van der Waals surface area contributed by atoms with Gasteiger partial charge in [-0.25, -0.2) is 26.3 Å². The number of sulfonamides is 2. The van der Waals surface area contributed by atoms with Crippen LogP contribution in [0, 0.1) is 11.3 Å². The van der Waals surface area contributed by atoms with E-state index in [1.54, 1.807) is 32.9 Å². The van der Waals surface area contributed by atoms with Gasteiger partial charge in [0.15, 0.2) is 0 Å². The standard InChI is InChI=1S/C22H29N3O5S2/c1-15(2)18-8-7-17(20(13-18)32(29,30)25-22(3,4)5)10-11-24-31(27,28)21-12-16(14-23)6-9-19(21)26/h6-9,12-13,15,24-26H,10-11H2,1-5H3. The molecule has 174 valence electrons. The summed E-state index contributed by atoms with van der Waals surface area (Å²) in [5.41, 5.74) is 0.717. The summed E-state index contributed by atoms with van der Waals surface area (Å²) < 4.78 is 56.3. The molecule has 0 unspecified atom stereocenters. The summed E-state index contributed by atoms with van der Waals surface area (Å²) in [6, 6.07) is 10.5. The third-order valence-electron chi connectivity index (χ3n) is 4.55. The highest BCUT2D eigenvalue weighted by atomic mass is 32.2. The van der Waals surface area contributed by atoms with Gasteiger partial charge in [-0.05, 0) is 68.5 Å². The Kier molecular flexibility index (Phi) is 7.73. The molecule has 0 aromatic heterocycles. The molecule has 2 aromatic carbocycles. The summed E-state index contributed by atoms with van der Waals surface area (Å²) in [4.78, 5) is -0.305. The molecule has 0 aliphatic carbocycles. The molecule has 0 atom stereocenters. The van der Waals surface area contributed by atoms with Crippen LogP contribution in [0.15, 0.2) is 46.2 Å². The Morgan fingerprint density at radius 2 is 1.66 bits per heavy atom. The van der Waals surface area contributed by atoms with Gasteiger partial charge in [0, 0.05) is 12.1 Å². The van der Waals surface area contributed by atoms with Gasteiger partial charge >= 0.3 is 0 Å². The van der Waals surface area contributed by atoms with Crippen LogP contribution >= 0.6 is 0 Å². The minimum absolute atomic E-state index is 0.0917. The fraction of sp³-hybridized carbons (Fsp3) is 0.409. The van der Waals surface area contributed by atoms with Crippen molar-refractivity contribution in [3.8, 4) is 11.8 Å². The zero-order valence-corrected chi connectivity index (χ0v) is 20.4. The maximum atomic E-state index is 13.0. The Bertz CT molecular complexity index is 1240. The zero-order valence-electron chi connectivity index (χ0n) is 18.8. The summed E-state index contributed by atoms with van der Waals surface area (Å²) in [5, 5.41) is 18.9. The second kappa shape index (κ2) is 9.58. The van der Waals surface area contributed by atoms with Gasteiger partial charge in [0.1, 0.15) is 10.6 Å². The predicted molar refractivity (Wildman–Crippen MR) is 122 cm³/mol.